The van der Waals surface area contributed by atoms with Crippen molar-refractivity contribution in [2.24, 2.45) is 17.6 Å². The second-order valence-electron chi connectivity index (χ2n) is 6.15. The Balaban J connectivity index is 2.61. The first-order valence-corrected chi connectivity index (χ1v) is 7.29. The van der Waals surface area contributed by atoms with Gasteiger partial charge in [0.05, 0.1) is 6.54 Å². The average molecular weight is 280 g/mol. The molecule has 1 saturated carbocycles. The van der Waals surface area contributed by atoms with Crippen LogP contribution >= 0.6 is 0 Å². The highest BCUT2D eigenvalue weighted by Crippen LogP contribution is 2.31. The average Bonchev–Trinajstić information content (AvgIpc) is 2.29. The highest BCUT2D eigenvalue weighted by atomic mass is 19.4. The molecule has 0 bridgehead atoms. The first-order valence-electron chi connectivity index (χ1n) is 7.29. The molecule has 19 heavy (non-hydrogen) atoms. The van der Waals surface area contributed by atoms with E-state index in [-0.39, 0.29) is 18.0 Å². The molecule has 5 heteroatoms. The van der Waals surface area contributed by atoms with Crippen molar-refractivity contribution >= 4 is 0 Å². The zero-order valence-electron chi connectivity index (χ0n) is 12.2. The molecule has 2 N–H and O–H groups in total. The van der Waals surface area contributed by atoms with E-state index in [0.29, 0.717) is 12.5 Å². The van der Waals surface area contributed by atoms with Gasteiger partial charge in [0.2, 0.25) is 0 Å². The number of nitrogens with two attached hydrogens (primary N) is 1. The molecule has 0 aliphatic heterocycles. The number of hydrogen-bond acceptors (Lipinski definition) is 2. The molecule has 0 radical (unpaired) electrons. The molecule has 3 atom stereocenters. The highest BCUT2D eigenvalue weighted by Gasteiger charge is 2.35. The van der Waals surface area contributed by atoms with E-state index in [4.69, 9.17) is 5.73 Å². The van der Waals surface area contributed by atoms with E-state index < -0.39 is 12.7 Å². The van der Waals surface area contributed by atoms with Gasteiger partial charge in [-0.15, -0.1) is 0 Å². The van der Waals surface area contributed by atoms with Crippen molar-refractivity contribution in [3.8, 4) is 0 Å². The van der Waals surface area contributed by atoms with E-state index in [1.165, 1.54) is 4.90 Å². The maximum atomic E-state index is 12.6. The van der Waals surface area contributed by atoms with Crippen LogP contribution in [0, 0.1) is 11.8 Å². The van der Waals surface area contributed by atoms with E-state index in [2.05, 4.69) is 6.92 Å². The van der Waals surface area contributed by atoms with Gasteiger partial charge in [-0.05, 0) is 44.9 Å². The Bertz CT molecular complexity index is 266. The zero-order chi connectivity index (χ0) is 14.6. The molecule has 0 saturated heterocycles. The van der Waals surface area contributed by atoms with Crippen LogP contribution in [0.15, 0.2) is 0 Å². The smallest absolute Gasteiger partial charge is 0.327 e. The lowest BCUT2D eigenvalue weighted by molar-refractivity contribution is -0.151. The van der Waals surface area contributed by atoms with Gasteiger partial charge in [-0.3, -0.25) is 4.90 Å². The van der Waals surface area contributed by atoms with Gasteiger partial charge in [0.1, 0.15) is 0 Å². The van der Waals surface area contributed by atoms with E-state index in [1.54, 1.807) is 0 Å². The molecule has 1 rings (SSSR count). The Kier molecular flexibility index (Phi) is 6.12. The number of rotatable bonds is 5. The molecule has 1 aliphatic rings. The molecule has 0 heterocycles. The van der Waals surface area contributed by atoms with Gasteiger partial charge in [0, 0.05) is 18.6 Å². The first kappa shape index (κ1) is 16.8. The molecule has 0 aromatic heterocycles. The fraction of sp³-hybridized carbons (Fsp3) is 1.00. The summed E-state index contributed by atoms with van der Waals surface area (Å²) in [5.41, 5.74) is 6.10. The maximum absolute atomic E-state index is 12.6. The number of hydrogen-bond donors (Lipinski definition) is 1. The van der Waals surface area contributed by atoms with Gasteiger partial charge in [-0.2, -0.15) is 13.2 Å². The molecule has 114 valence electrons. The number of nitrogens with zero attached hydrogens (tertiary/aromatic N) is 1. The van der Waals surface area contributed by atoms with Crippen LogP contribution in [0.25, 0.3) is 0 Å². The summed E-state index contributed by atoms with van der Waals surface area (Å²) in [4.78, 5) is 1.52. The molecule has 0 aromatic carbocycles. The second kappa shape index (κ2) is 6.93. The summed E-state index contributed by atoms with van der Waals surface area (Å²) in [5, 5.41) is 0. The quantitative estimate of drug-likeness (QED) is 0.836. The highest BCUT2D eigenvalue weighted by molar-refractivity contribution is 4.85. The van der Waals surface area contributed by atoms with Gasteiger partial charge in [0.15, 0.2) is 0 Å². The van der Waals surface area contributed by atoms with Crippen LogP contribution in [0.1, 0.15) is 46.5 Å². The SMILES string of the molecule is CCC1CCC(N)C(CN(CC(F)(F)F)C(C)C)C1. The van der Waals surface area contributed by atoms with Crippen LogP contribution in [0.5, 0.6) is 0 Å². The zero-order valence-corrected chi connectivity index (χ0v) is 12.2. The van der Waals surface area contributed by atoms with Crippen LogP contribution in [0.2, 0.25) is 0 Å². The van der Waals surface area contributed by atoms with Crippen molar-refractivity contribution < 1.29 is 13.2 Å². The van der Waals surface area contributed by atoms with Crippen LogP contribution in [0.3, 0.4) is 0 Å². The normalized spacial score (nSPS) is 29.2. The largest absolute Gasteiger partial charge is 0.401 e. The molecule has 1 aliphatic carbocycles. The minimum Gasteiger partial charge on any atom is -0.327 e. The number of halogens is 3. The molecule has 0 amide bonds. The van der Waals surface area contributed by atoms with Gasteiger partial charge in [-0.1, -0.05) is 13.3 Å². The van der Waals surface area contributed by atoms with Gasteiger partial charge in [-0.25, -0.2) is 0 Å². The monoisotopic (exact) mass is 280 g/mol. The molecule has 2 nitrogen and oxygen atoms in total. The first-order chi connectivity index (χ1) is 8.73. The molecule has 0 aromatic rings. The fourth-order valence-electron chi connectivity index (χ4n) is 2.95. The summed E-state index contributed by atoms with van der Waals surface area (Å²) in [6.07, 6.45) is 0.00630. The van der Waals surface area contributed by atoms with Crippen molar-refractivity contribution in [3.05, 3.63) is 0 Å². The summed E-state index contributed by atoms with van der Waals surface area (Å²) >= 11 is 0. The third kappa shape index (κ3) is 5.69. The van der Waals surface area contributed by atoms with Crippen LogP contribution < -0.4 is 5.73 Å². The lowest BCUT2D eigenvalue weighted by atomic mass is 9.77. The van der Waals surface area contributed by atoms with E-state index in [0.717, 1.165) is 25.7 Å². The van der Waals surface area contributed by atoms with E-state index >= 15 is 0 Å². The predicted molar refractivity (Wildman–Crippen MR) is 71.9 cm³/mol. The Morgan fingerprint density at radius 2 is 1.89 bits per heavy atom. The molecule has 3 unspecified atom stereocenters. The molecular formula is C14H27F3N2. The van der Waals surface area contributed by atoms with E-state index in [1.807, 2.05) is 13.8 Å². The van der Waals surface area contributed by atoms with Crippen molar-refractivity contribution in [1.29, 1.82) is 0 Å². The van der Waals surface area contributed by atoms with Crippen molar-refractivity contribution in [2.75, 3.05) is 13.1 Å². The second-order valence-corrected chi connectivity index (χ2v) is 6.15. The lowest BCUT2D eigenvalue weighted by Gasteiger charge is -2.38. The summed E-state index contributed by atoms with van der Waals surface area (Å²) < 4.78 is 37.8. The van der Waals surface area contributed by atoms with Crippen molar-refractivity contribution in [1.82, 2.24) is 4.90 Å². The maximum Gasteiger partial charge on any atom is 0.401 e. The molecular weight excluding hydrogens is 253 g/mol. The van der Waals surface area contributed by atoms with Gasteiger partial charge in [0.25, 0.3) is 0 Å². The lowest BCUT2D eigenvalue weighted by Crippen LogP contribution is -2.47. The topological polar surface area (TPSA) is 29.3 Å². The van der Waals surface area contributed by atoms with Crippen molar-refractivity contribution in [3.63, 3.8) is 0 Å². The standard InChI is InChI=1S/C14H27F3N2/c1-4-11-5-6-13(18)12(7-11)8-19(10(2)3)9-14(15,16)17/h10-13H,4-9,18H2,1-3H3. The van der Waals surface area contributed by atoms with Crippen molar-refractivity contribution in [2.45, 2.75) is 64.7 Å². The summed E-state index contributed by atoms with van der Waals surface area (Å²) in [6.45, 7) is 5.42. The third-order valence-corrected chi connectivity index (χ3v) is 4.31. The van der Waals surface area contributed by atoms with Crippen LogP contribution in [-0.4, -0.2) is 36.2 Å². The summed E-state index contributed by atoms with van der Waals surface area (Å²) in [7, 11) is 0. The van der Waals surface area contributed by atoms with Gasteiger partial charge >= 0.3 is 6.18 Å². The fourth-order valence-corrected chi connectivity index (χ4v) is 2.95. The van der Waals surface area contributed by atoms with E-state index in [9.17, 15) is 13.2 Å². The Labute approximate surface area is 114 Å². The summed E-state index contributed by atoms with van der Waals surface area (Å²) in [6, 6.07) is -0.0480. The van der Waals surface area contributed by atoms with Crippen LogP contribution in [-0.2, 0) is 0 Å². The molecule has 1 fully saturated rings. The summed E-state index contributed by atoms with van der Waals surface area (Å²) in [5.74, 6) is 0.827. The Morgan fingerprint density at radius 3 is 2.37 bits per heavy atom. The Hall–Kier alpha value is -0.290. The predicted octanol–water partition coefficient (Wildman–Crippen LogP) is 3.41. The van der Waals surface area contributed by atoms with Gasteiger partial charge < -0.3 is 5.73 Å². The Morgan fingerprint density at radius 1 is 1.26 bits per heavy atom. The van der Waals surface area contributed by atoms with Crippen LogP contribution in [0.4, 0.5) is 13.2 Å². The minimum atomic E-state index is -4.13. The minimum absolute atomic E-state index is 0.0530. The molecule has 0 spiro atoms. The third-order valence-electron chi connectivity index (χ3n) is 4.31. The number of alkyl halides is 3.